The molecule has 0 aliphatic carbocycles. The van der Waals surface area contributed by atoms with Crippen LogP contribution in [0.2, 0.25) is 5.02 Å². The molecule has 6 nitrogen and oxygen atoms in total. The van der Waals surface area contributed by atoms with Crippen LogP contribution in [0, 0.1) is 11.8 Å². The lowest BCUT2D eigenvalue weighted by Gasteiger charge is -2.43. The van der Waals surface area contributed by atoms with Gasteiger partial charge < -0.3 is 14.4 Å². The molecular formula is C22H22ClN3O3. The highest BCUT2D eigenvalue weighted by Crippen LogP contribution is 2.36. The standard InChI is InChI=1S/C22H22ClN3O3/c23-17-4-6-18(7-5-17)25-13-16(9-21(25)28)22(29)24-10-14-8-15(12-24)19-2-1-3-20(27)26(19)11-14/h1-7,14-16H,8-13H2/t14-,15+,16?/m0/s1. The number of hydrogen-bond donors (Lipinski definition) is 0. The van der Waals surface area contributed by atoms with E-state index in [1.807, 2.05) is 27.7 Å². The van der Waals surface area contributed by atoms with Gasteiger partial charge in [-0.2, -0.15) is 0 Å². The van der Waals surface area contributed by atoms with Gasteiger partial charge in [0.05, 0.1) is 5.92 Å². The minimum Gasteiger partial charge on any atom is -0.341 e. The van der Waals surface area contributed by atoms with E-state index in [1.54, 1.807) is 29.2 Å². The van der Waals surface area contributed by atoms with Gasteiger partial charge in [-0.25, -0.2) is 0 Å². The van der Waals surface area contributed by atoms with Crippen LogP contribution in [-0.2, 0) is 16.1 Å². The maximum atomic E-state index is 13.2. The fraction of sp³-hybridized carbons (Fsp3) is 0.409. The Hall–Kier alpha value is -2.60. The van der Waals surface area contributed by atoms with Gasteiger partial charge in [-0.05, 0) is 42.7 Å². The molecule has 29 heavy (non-hydrogen) atoms. The second-order valence-electron chi connectivity index (χ2n) is 8.32. The molecule has 150 valence electrons. The topological polar surface area (TPSA) is 62.6 Å². The van der Waals surface area contributed by atoms with E-state index in [-0.39, 0.29) is 41.5 Å². The molecule has 0 saturated carbocycles. The number of amides is 2. The number of rotatable bonds is 2. The van der Waals surface area contributed by atoms with Crippen LogP contribution in [0.4, 0.5) is 5.69 Å². The minimum atomic E-state index is -0.324. The Morgan fingerprint density at radius 2 is 1.76 bits per heavy atom. The van der Waals surface area contributed by atoms with Crippen molar-refractivity contribution in [2.45, 2.75) is 25.3 Å². The van der Waals surface area contributed by atoms with Crippen LogP contribution >= 0.6 is 11.6 Å². The second-order valence-corrected chi connectivity index (χ2v) is 8.76. The summed E-state index contributed by atoms with van der Waals surface area (Å²) < 4.78 is 1.86. The van der Waals surface area contributed by atoms with E-state index >= 15 is 0 Å². The monoisotopic (exact) mass is 411 g/mol. The summed E-state index contributed by atoms with van der Waals surface area (Å²) in [5, 5.41) is 0.618. The smallest absolute Gasteiger partial charge is 0.250 e. The number of nitrogens with zero attached hydrogens (tertiary/aromatic N) is 3. The van der Waals surface area contributed by atoms with Crippen molar-refractivity contribution in [2.24, 2.45) is 11.8 Å². The van der Waals surface area contributed by atoms with E-state index in [0.29, 0.717) is 31.2 Å². The van der Waals surface area contributed by atoms with E-state index in [9.17, 15) is 14.4 Å². The summed E-state index contributed by atoms with van der Waals surface area (Å²) in [6.07, 6.45) is 1.25. The molecule has 0 N–H and O–H groups in total. The van der Waals surface area contributed by atoms with Crippen molar-refractivity contribution in [1.82, 2.24) is 9.47 Å². The molecule has 3 aliphatic rings. The van der Waals surface area contributed by atoms with Gasteiger partial charge in [-0.15, -0.1) is 0 Å². The molecule has 7 heteroatoms. The molecule has 2 bridgehead atoms. The Morgan fingerprint density at radius 1 is 0.966 bits per heavy atom. The zero-order chi connectivity index (χ0) is 20.1. The summed E-state index contributed by atoms with van der Waals surface area (Å²) in [7, 11) is 0. The number of hydrogen-bond acceptors (Lipinski definition) is 3. The third kappa shape index (κ3) is 3.25. The van der Waals surface area contributed by atoms with E-state index in [4.69, 9.17) is 11.6 Å². The Kier molecular flexibility index (Phi) is 4.46. The van der Waals surface area contributed by atoms with Crippen LogP contribution in [0.3, 0.4) is 0 Å². The van der Waals surface area contributed by atoms with Crippen molar-refractivity contribution in [3.63, 3.8) is 0 Å². The van der Waals surface area contributed by atoms with E-state index in [1.165, 1.54) is 0 Å². The highest BCUT2D eigenvalue weighted by atomic mass is 35.5. The average Bonchev–Trinajstić information content (AvgIpc) is 3.10. The first-order valence-electron chi connectivity index (χ1n) is 10.0. The maximum absolute atomic E-state index is 13.2. The lowest BCUT2D eigenvalue weighted by molar-refractivity contribution is -0.138. The number of benzene rings is 1. The van der Waals surface area contributed by atoms with E-state index in [2.05, 4.69) is 0 Å². The van der Waals surface area contributed by atoms with Gasteiger partial charge in [-0.3, -0.25) is 14.4 Å². The first-order valence-corrected chi connectivity index (χ1v) is 10.4. The third-order valence-corrected chi connectivity index (χ3v) is 6.66. The summed E-state index contributed by atoms with van der Waals surface area (Å²) >= 11 is 5.94. The van der Waals surface area contributed by atoms with Crippen molar-refractivity contribution < 1.29 is 9.59 Å². The SMILES string of the molecule is O=C(C1CC(=O)N(c2ccc(Cl)cc2)C1)N1C[C@@H]2C[C@H](C1)c1cccc(=O)n1C2. The molecule has 2 amide bonds. The number of fused-ring (bicyclic) bond motifs is 4. The summed E-state index contributed by atoms with van der Waals surface area (Å²) in [4.78, 5) is 41.6. The molecule has 0 radical (unpaired) electrons. The molecule has 2 aromatic rings. The molecule has 5 rings (SSSR count). The van der Waals surface area contributed by atoms with Crippen LogP contribution in [0.15, 0.2) is 47.3 Å². The molecule has 3 aliphatic heterocycles. The van der Waals surface area contributed by atoms with Crippen molar-refractivity contribution in [3.8, 4) is 0 Å². The van der Waals surface area contributed by atoms with Crippen LogP contribution in [0.25, 0.3) is 0 Å². The molecule has 2 saturated heterocycles. The molecule has 1 aromatic carbocycles. The molecule has 1 aromatic heterocycles. The zero-order valence-electron chi connectivity index (χ0n) is 16.0. The van der Waals surface area contributed by atoms with Crippen LogP contribution in [0.1, 0.15) is 24.5 Å². The molecule has 0 spiro atoms. The lowest BCUT2D eigenvalue weighted by atomic mass is 9.82. The maximum Gasteiger partial charge on any atom is 0.250 e. The number of carbonyl (C=O) groups is 2. The van der Waals surface area contributed by atoms with Gasteiger partial charge in [0.15, 0.2) is 0 Å². The lowest BCUT2D eigenvalue weighted by Crippen LogP contribution is -2.50. The Morgan fingerprint density at radius 3 is 2.55 bits per heavy atom. The summed E-state index contributed by atoms with van der Waals surface area (Å²) in [5.74, 6) is 0.172. The highest BCUT2D eigenvalue weighted by Gasteiger charge is 2.41. The Bertz CT molecular complexity index is 1030. The predicted molar refractivity (Wildman–Crippen MR) is 110 cm³/mol. The number of carbonyl (C=O) groups excluding carboxylic acids is 2. The number of piperidine rings is 1. The third-order valence-electron chi connectivity index (χ3n) is 6.40. The quantitative estimate of drug-likeness (QED) is 0.762. The van der Waals surface area contributed by atoms with Crippen molar-refractivity contribution >= 4 is 29.1 Å². The first-order chi connectivity index (χ1) is 14.0. The van der Waals surface area contributed by atoms with Crippen molar-refractivity contribution in [3.05, 3.63) is 63.5 Å². The molecule has 3 atom stereocenters. The van der Waals surface area contributed by atoms with Crippen LogP contribution in [0.5, 0.6) is 0 Å². The number of anilines is 1. The van der Waals surface area contributed by atoms with Crippen molar-refractivity contribution in [2.75, 3.05) is 24.5 Å². The highest BCUT2D eigenvalue weighted by molar-refractivity contribution is 6.30. The number of halogens is 1. The fourth-order valence-corrected chi connectivity index (χ4v) is 5.20. The molecule has 2 fully saturated rings. The first kappa shape index (κ1) is 18.4. The van der Waals surface area contributed by atoms with Gasteiger partial charge in [0, 0.05) is 61.0 Å². The van der Waals surface area contributed by atoms with E-state index < -0.39 is 0 Å². The fourth-order valence-electron chi connectivity index (χ4n) is 5.08. The summed E-state index contributed by atoms with van der Waals surface area (Å²) in [5.41, 5.74) is 1.84. The van der Waals surface area contributed by atoms with Gasteiger partial charge in [0.1, 0.15) is 0 Å². The number of aromatic nitrogens is 1. The van der Waals surface area contributed by atoms with E-state index in [0.717, 1.165) is 17.8 Å². The molecule has 1 unspecified atom stereocenters. The number of likely N-dealkylation sites (tertiary alicyclic amines) is 1. The second kappa shape index (κ2) is 7.02. The van der Waals surface area contributed by atoms with Crippen LogP contribution < -0.4 is 10.5 Å². The average molecular weight is 412 g/mol. The zero-order valence-corrected chi connectivity index (χ0v) is 16.7. The van der Waals surface area contributed by atoms with Gasteiger partial charge >= 0.3 is 0 Å². The largest absolute Gasteiger partial charge is 0.341 e. The molecule has 4 heterocycles. The van der Waals surface area contributed by atoms with Gasteiger partial charge in [0.25, 0.3) is 5.56 Å². The minimum absolute atomic E-state index is 0.0280. The predicted octanol–water partition coefficient (Wildman–Crippen LogP) is 2.50. The van der Waals surface area contributed by atoms with Gasteiger partial charge in [0.2, 0.25) is 11.8 Å². The Balaban J connectivity index is 1.32. The van der Waals surface area contributed by atoms with Crippen LogP contribution in [-0.4, -0.2) is 40.9 Å². The van der Waals surface area contributed by atoms with Crippen molar-refractivity contribution in [1.29, 1.82) is 0 Å². The normalized spacial score (nSPS) is 25.8. The molecular weight excluding hydrogens is 390 g/mol. The Labute approximate surface area is 173 Å². The van der Waals surface area contributed by atoms with Gasteiger partial charge in [-0.1, -0.05) is 17.7 Å². The summed E-state index contributed by atoms with van der Waals surface area (Å²) in [6, 6.07) is 12.5. The summed E-state index contributed by atoms with van der Waals surface area (Å²) in [6.45, 7) is 2.34. The number of pyridine rings is 1.